The van der Waals surface area contributed by atoms with Gasteiger partial charge in [-0.25, -0.2) is 0 Å². The summed E-state index contributed by atoms with van der Waals surface area (Å²) in [5.74, 6) is 2.03. The maximum absolute atomic E-state index is 12.2. The van der Waals surface area contributed by atoms with E-state index in [0.29, 0.717) is 11.3 Å². The predicted octanol–water partition coefficient (Wildman–Crippen LogP) is 5.92. The van der Waals surface area contributed by atoms with Gasteiger partial charge in [-0.2, -0.15) is 0 Å². The van der Waals surface area contributed by atoms with Crippen molar-refractivity contribution in [3.05, 3.63) is 82.0 Å². The maximum atomic E-state index is 12.2. The SMILES string of the molecule is COc1ccc(C(=O)/C=C/c2ccc(-c3ccc(C)c(Br)c3)o2)cc1. The lowest BCUT2D eigenvalue weighted by atomic mass is 10.1. The predicted molar refractivity (Wildman–Crippen MR) is 103 cm³/mol. The van der Waals surface area contributed by atoms with Gasteiger partial charge in [0.2, 0.25) is 0 Å². The second kappa shape index (κ2) is 7.53. The number of carbonyl (C=O) groups is 1. The molecular formula is C21H17BrO3. The van der Waals surface area contributed by atoms with Gasteiger partial charge in [-0.3, -0.25) is 4.79 Å². The van der Waals surface area contributed by atoms with E-state index in [1.165, 1.54) is 11.6 Å². The van der Waals surface area contributed by atoms with Crippen molar-refractivity contribution >= 4 is 27.8 Å². The Kier molecular flexibility index (Phi) is 5.19. The Bertz CT molecular complexity index is 921. The lowest BCUT2D eigenvalue weighted by molar-refractivity contribution is 0.104. The second-order valence-corrected chi connectivity index (χ2v) is 6.45. The fraction of sp³-hybridized carbons (Fsp3) is 0.0952. The van der Waals surface area contributed by atoms with Crippen LogP contribution in [0.4, 0.5) is 0 Å². The van der Waals surface area contributed by atoms with Crippen LogP contribution < -0.4 is 4.74 Å². The lowest BCUT2D eigenvalue weighted by Gasteiger charge is -2.01. The molecule has 0 saturated heterocycles. The third kappa shape index (κ3) is 4.09. The van der Waals surface area contributed by atoms with Crippen molar-refractivity contribution in [2.75, 3.05) is 7.11 Å². The van der Waals surface area contributed by atoms with Gasteiger partial charge in [0, 0.05) is 15.6 Å². The Balaban J connectivity index is 1.74. The molecule has 3 aromatic rings. The molecule has 0 aliphatic heterocycles. The minimum absolute atomic E-state index is 0.0846. The van der Waals surface area contributed by atoms with Crippen LogP contribution in [0.15, 0.2) is 69.6 Å². The average molecular weight is 397 g/mol. The zero-order valence-corrected chi connectivity index (χ0v) is 15.5. The topological polar surface area (TPSA) is 39.4 Å². The van der Waals surface area contributed by atoms with Crippen LogP contribution in [0.3, 0.4) is 0 Å². The number of furan rings is 1. The zero-order valence-electron chi connectivity index (χ0n) is 14.0. The van der Waals surface area contributed by atoms with E-state index >= 15 is 0 Å². The van der Waals surface area contributed by atoms with Crippen LogP contribution >= 0.6 is 15.9 Å². The number of hydrogen-bond acceptors (Lipinski definition) is 3. The van der Waals surface area contributed by atoms with E-state index in [2.05, 4.69) is 15.9 Å². The maximum Gasteiger partial charge on any atom is 0.185 e. The molecule has 0 aliphatic rings. The van der Waals surface area contributed by atoms with Crippen LogP contribution in [0, 0.1) is 6.92 Å². The Morgan fingerprint density at radius 1 is 1.08 bits per heavy atom. The minimum atomic E-state index is -0.0846. The molecule has 0 fully saturated rings. The number of halogens is 1. The highest BCUT2D eigenvalue weighted by atomic mass is 79.9. The Morgan fingerprint density at radius 2 is 1.84 bits per heavy atom. The first-order valence-corrected chi connectivity index (χ1v) is 8.59. The molecule has 0 aliphatic carbocycles. The largest absolute Gasteiger partial charge is 0.497 e. The molecule has 0 amide bonds. The van der Waals surface area contributed by atoms with Gasteiger partial charge in [0.1, 0.15) is 17.3 Å². The number of ketones is 1. The van der Waals surface area contributed by atoms with Crippen LogP contribution in [-0.2, 0) is 0 Å². The van der Waals surface area contributed by atoms with Crippen molar-refractivity contribution in [2.24, 2.45) is 0 Å². The fourth-order valence-corrected chi connectivity index (χ4v) is 2.73. The summed E-state index contributed by atoms with van der Waals surface area (Å²) in [6.07, 6.45) is 3.19. The molecule has 0 unspecified atom stereocenters. The summed E-state index contributed by atoms with van der Waals surface area (Å²) in [6, 6.07) is 16.8. The third-order valence-electron chi connectivity index (χ3n) is 3.86. The van der Waals surface area contributed by atoms with Gasteiger partial charge >= 0.3 is 0 Å². The highest BCUT2D eigenvalue weighted by Gasteiger charge is 2.06. The van der Waals surface area contributed by atoms with Crippen LogP contribution in [0.2, 0.25) is 0 Å². The number of hydrogen-bond donors (Lipinski definition) is 0. The highest BCUT2D eigenvalue weighted by Crippen LogP contribution is 2.27. The third-order valence-corrected chi connectivity index (χ3v) is 4.71. The van der Waals surface area contributed by atoms with Gasteiger partial charge in [0.05, 0.1) is 7.11 Å². The standard InChI is InChI=1S/C21H17BrO3/c1-14-3-4-16(13-19(14)22)21-12-10-18(25-21)9-11-20(23)15-5-7-17(24-2)8-6-15/h3-13H,1-2H3/b11-9+. The van der Waals surface area contributed by atoms with E-state index in [4.69, 9.17) is 9.15 Å². The van der Waals surface area contributed by atoms with Gasteiger partial charge < -0.3 is 9.15 Å². The van der Waals surface area contributed by atoms with Crippen molar-refractivity contribution < 1.29 is 13.9 Å². The molecule has 3 nitrogen and oxygen atoms in total. The van der Waals surface area contributed by atoms with E-state index < -0.39 is 0 Å². The number of benzene rings is 2. The molecule has 0 saturated carbocycles. The van der Waals surface area contributed by atoms with Crippen molar-refractivity contribution in [1.82, 2.24) is 0 Å². The van der Waals surface area contributed by atoms with Crippen LogP contribution in [0.1, 0.15) is 21.7 Å². The summed E-state index contributed by atoms with van der Waals surface area (Å²) in [6.45, 7) is 2.04. The lowest BCUT2D eigenvalue weighted by Crippen LogP contribution is -1.93. The number of methoxy groups -OCH3 is 1. The minimum Gasteiger partial charge on any atom is -0.497 e. The first kappa shape index (κ1) is 17.2. The number of rotatable bonds is 5. The Hall–Kier alpha value is -2.59. The summed E-state index contributed by atoms with van der Waals surface area (Å²) >= 11 is 3.53. The summed E-state index contributed by atoms with van der Waals surface area (Å²) in [5, 5.41) is 0. The molecule has 0 radical (unpaired) electrons. The summed E-state index contributed by atoms with van der Waals surface area (Å²) in [5.41, 5.74) is 2.76. The molecule has 1 heterocycles. The molecule has 0 bridgehead atoms. The molecule has 4 heteroatoms. The first-order valence-electron chi connectivity index (χ1n) is 7.79. The Morgan fingerprint density at radius 3 is 2.52 bits per heavy atom. The van der Waals surface area contributed by atoms with Crippen LogP contribution in [0.5, 0.6) is 5.75 Å². The average Bonchev–Trinajstić information content (AvgIpc) is 3.11. The fourth-order valence-electron chi connectivity index (χ4n) is 2.35. The first-order chi connectivity index (χ1) is 12.1. The van der Waals surface area contributed by atoms with Crippen molar-refractivity contribution in [3.8, 4) is 17.1 Å². The zero-order chi connectivity index (χ0) is 17.8. The van der Waals surface area contributed by atoms with Crippen molar-refractivity contribution in [2.45, 2.75) is 6.92 Å². The quantitative estimate of drug-likeness (QED) is 0.396. The molecule has 25 heavy (non-hydrogen) atoms. The van der Waals surface area contributed by atoms with Crippen molar-refractivity contribution in [3.63, 3.8) is 0 Å². The molecule has 2 aromatic carbocycles. The molecule has 126 valence electrons. The van der Waals surface area contributed by atoms with E-state index in [9.17, 15) is 4.79 Å². The number of ether oxygens (including phenoxy) is 1. The number of allylic oxidation sites excluding steroid dienone is 1. The Labute approximate surface area is 155 Å². The molecular weight excluding hydrogens is 380 g/mol. The van der Waals surface area contributed by atoms with Crippen molar-refractivity contribution in [1.29, 1.82) is 0 Å². The van der Waals surface area contributed by atoms with Gasteiger partial charge in [0.25, 0.3) is 0 Å². The van der Waals surface area contributed by atoms with Gasteiger partial charge in [-0.15, -0.1) is 0 Å². The molecule has 0 spiro atoms. The van der Waals surface area contributed by atoms with Crippen LogP contribution in [0.25, 0.3) is 17.4 Å². The van der Waals surface area contributed by atoms with E-state index in [1.807, 2.05) is 37.3 Å². The van der Waals surface area contributed by atoms with E-state index in [-0.39, 0.29) is 5.78 Å². The monoisotopic (exact) mass is 396 g/mol. The summed E-state index contributed by atoms with van der Waals surface area (Å²) in [4.78, 5) is 12.2. The number of aryl methyl sites for hydroxylation is 1. The van der Waals surface area contributed by atoms with Crippen LogP contribution in [-0.4, -0.2) is 12.9 Å². The molecule has 0 atom stereocenters. The normalized spacial score (nSPS) is 11.0. The molecule has 3 rings (SSSR count). The summed E-state index contributed by atoms with van der Waals surface area (Å²) in [7, 11) is 1.60. The van der Waals surface area contributed by atoms with E-state index in [0.717, 1.165) is 21.5 Å². The smallest absolute Gasteiger partial charge is 0.185 e. The summed E-state index contributed by atoms with van der Waals surface area (Å²) < 4.78 is 11.9. The number of carbonyl (C=O) groups excluding carboxylic acids is 1. The highest BCUT2D eigenvalue weighted by molar-refractivity contribution is 9.10. The second-order valence-electron chi connectivity index (χ2n) is 5.59. The van der Waals surface area contributed by atoms with Gasteiger partial charge in [-0.05, 0) is 67.1 Å². The molecule has 0 N–H and O–H groups in total. The molecule has 1 aromatic heterocycles. The van der Waals surface area contributed by atoms with Gasteiger partial charge in [0.15, 0.2) is 5.78 Å². The van der Waals surface area contributed by atoms with E-state index in [1.54, 1.807) is 37.5 Å². The van der Waals surface area contributed by atoms with Gasteiger partial charge in [-0.1, -0.05) is 28.1 Å².